The van der Waals surface area contributed by atoms with Gasteiger partial charge in [-0.05, 0) is 12.5 Å². The van der Waals surface area contributed by atoms with Gasteiger partial charge in [0.1, 0.15) is 6.04 Å². The molecule has 1 aliphatic rings. The van der Waals surface area contributed by atoms with Crippen LogP contribution in [0.3, 0.4) is 0 Å². The van der Waals surface area contributed by atoms with Gasteiger partial charge in [-0.3, -0.25) is 29.3 Å². The van der Waals surface area contributed by atoms with E-state index in [0.717, 1.165) is 11.8 Å². The zero-order chi connectivity index (χ0) is 18.6. The molecule has 2 rings (SSSR count). The molecule has 0 radical (unpaired) electrons. The number of carbonyl (C=O) groups is 5. The summed E-state index contributed by atoms with van der Waals surface area (Å²) in [6, 6.07) is 3.72. The van der Waals surface area contributed by atoms with Crippen molar-refractivity contribution >= 4 is 41.7 Å². The van der Waals surface area contributed by atoms with Gasteiger partial charge >= 0.3 is 5.97 Å². The molecule has 0 spiro atoms. The third-order valence-electron chi connectivity index (χ3n) is 3.75. The molecule has 1 fully saturated rings. The van der Waals surface area contributed by atoms with Gasteiger partial charge in [0, 0.05) is 23.9 Å². The van der Waals surface area contributed by atoms with Crippen LogP contribution in [0.5, 0.6) is 0 Å². The molecule has 0 saturated carbocycles. The van der Waals surface area contributed by atoms with Crippen molar-refractivity contribution in [3.63, 3.8) is 0 Å². The first-order chi connectivity index (χ1) is 11.8. The molecule has 132 valence electrons. The van der Waals surface area contributed by atoms with Gasteiger partial charge in [0.15, 0.2) is 6.29 Å². The fourth-order valence-corrected chi connectivity index (χ4v) is 3.31. The normalized spacial score (nSPS) is 16.9. The minimum atomic E-state index is -1.06. The highest BCUT2D eigenvalue weighted by molar-refractivity contribution is 8.00. The van der Waals surface area contributed by atoms with E-state index >= 15 is 0 Å². The highest BCUT2D eigenvalue weighted by Gasteiger charge is 2.34. The second kappa shape index (κ2) is 7.93. The molecule has 1 atom stereocenters. The van der Waals surface area contributed by atoms with Gasteiger partial charge in [0.05, 0.1) is 11.3 Å². The van der Waals surface area contributed by atoms with E-state index in [0.29, 0.717) is 11.2 Å². The van der Waals surface area contributed by atoms with Crippen molar-refractivity contribution in [3.05, 3.63) is 29.3 Å². The van der Waals surface area contributed by atoms with E-state index in [1.807, 2.05) is 0 Å². The number of nitrogens with zero attached hydrogens (tertiary/aromatic N) is 1. The van der Waals surface area contributed by atoms with E-state index in [9.17, 15) is 24.0 Å². The number of nitrogens with one attached hydrogen (secondary N) is 1. The number of amides is 3. The van der Waals surface area contributed by atoms with Gasteiger partial charge in [-0.25, -0.2) is 0 Å². The largest absolute Gasteiger partial charge is 0.481 e. The van der Waals surface area contributed by atoms with Crippen molar-refractivity contribution in [3.8, 4) is 0 Å². The van der Waals surface area contributed by atoms with Crippen LogP contribution < -0.4 is 5.32 Å². The summed E-state index contributed by atoms with van der Waals surface area (Å²) in [5.74, 6) is -2.88. The number of imide groups is 1. The number of rotatable bonds is 6. The van der Waals surface area contributed by atoms with Crippen LogP contribution in [0.15, 0.2) is 23.1 Å². The summed E-state index contributed by atoms with van der Waals surface area (Å²) < 4.78 is 0. The number of aliphatic carboxylic acids is 1. The average Bonchev–Trinajstić information content (AvgIpc) is 2.58. The number of carbonyl (C=O) groups excluding carboxylic acids is 4. The lowest BCUT2D eigenvalue weighted by Gasteiger charge is -2.30. The number of aldehydes is 1. The van der Waals surface area contributed by atoms with Crippen molar-refractivity contribution in [1.29, 1.82) is 0 Å². The molecule has 3 amide bonds. The molecule has 1 aromatic rings. The summed E-state index contributed by atoms with van der Waals surface area (Å²) in [5.41, 5.74) is 0.162. The molecule has 0 aromatic heterocycles. The minimum Gasteiger partial charge on any atom is -0.481 e. The van der Waals surface area contributed by atoms with E-state index < -0.39 is 29.7 Å². The van der Waals surface area contributed by atoms with Gasteiger partial charge in [-0.2, -0.15) is 0 Å². The van der Waals surface area contributed by atoms with Crippen LogP contribution in [-0.4, -0.2) is 58.8 Å². The third kappa shape index (κ3) is 4.24. The molecule has 1 aliphatic heterocycles. The summed E-state index contributed by atoms with van der Waals surface area (Å²) in [7, 11) is 1.41. The summed E-state index contributed by atoms with van der Waals surface area (Å²) in [6.45, 7) is 0. The predicted octanol–water partition coefficient (Wildman–Crippen LogP) is 0.553. The van der Waals surface area contributed by atoms with Gasteiger partial charge in [0.25, 0.3) is 5.91 Å². The zero-order valence-electron chi connectivity index (χ0n) is 13.4. The summed E-state index contributed by atoms with van der Waals surface area (Å²) >= 11 is 0.918. The van der Waals surface area contributed by atoms with Crippen LogP contribution in [0, 0.1) is 0 Å². The number of hydrogen-bond donors (Lipinski definition) is 2. The maximum absolute atomic E-state index is 12.9. The van der Waals surface area contributed by atoms with Crippen molar-refractivity contribution in [2.75, 3.05) is 12.8 Å². The lowest BCUT2D eigenvalue weighted by Crippen LogP contribution is -2.53. The summed E-state index contributed by atoms with van der Waals surface area (Å²) in [4.78, 5) is 59.7. The fraction of sp³-hybridized carbons (Fsp3) is 0.312. The van der Waals surface area contributed by atoms with Crippen LogP contribution in [0.25, 0.3) is 0 Å². The average molecular weight is 364 g/mol. The van der Waals surface area contributed by atoms with Gasteiger partial charge in [-0.1, -0.05) is 12.1 Å². The van der Waals surface area contributed by atoms with Crippen LogP contribution in [0.2, 0.25) is 0 Å². The molecule has 9 heteroatoms. The van der Waals surface area contributed by atoms with E-state index in [1.165, 1.54) is 18.0 Å². The molecule has 1 heterocycles. The van der Waals surface area contributed by atoms with Crippen molar-refractivity contribution in [1.82, 2.24) is 10.2 Å². The minimum absolute atomic E-state index is 0.0518. The molecule has 8 nitrogen and oxygen atoms in total. The van der Waals surface area contributed by atoms with E-state index in [1.54, 1.807) is 12.1 Å². The molecular weight excluding hydrogens is 348 g/mol. The maximum atomic E-state index is 12.9. The zero-order valence-corrected chi connectivity index (χ0v) is 14.2. The second-order valence-electron chi connectivity index (χ2n) is 5.40. The van der Waals surface area contributed by atoms with Crippen LogP contribution >= 0.6 is 11.8 Å². The Morgan fingerprint density at radius 3 is 2.72 bits per heavy atom. The van der Waals surface area contributed by atoms with Crippen LogP contribution in [0.1, 0.15) is 33.6 Å². The quantitative estimate of drug-likeness (QED) is 0.430. The molecule has 0 bridgehead atoms. The molecule has 2 N–H and O–H groups in total. The first-order valence-corrected chi connectivity index (χ1v) is 8.37. The highest BCUT2D eigenvalue weighted by Crippen LogP contribution is 2.27. The van der Waals surface area contributed by atoms with Crippen molar-refractivity contribution < 1.29 is 29.1 Å². The van der Waals surface area contributed by atoms with E-state index in [4.69, 9.17) is 5.11 Å². The van der Waals surface area contributed by atoms with E-state index in [2.05, 4.69) is 5.32 Å². The monoisotopic (exact) mass is 364 g/mol. The number of piperidine rings is 1. The van der Waals surface area contributed by atoms with Gasteiger partial charge in [-0.15, -0.1) is 11.8 Å². The number of hydrogen-bond acceptors (Lipinski definition) is 6. The predicted molar refractivity (Wildman–Crippen MR) is 88.5 cm³/mol. The number of carboxylic acid groups (broad SMARTS) is 1. The van der Waals surface area contributed by atoms with E-state index in [-0.39, 0.29) is 29.7 Å². The molecule has 1 aromatic carbocycles. The Morgan fingerprint density at radius 2 is 2.12 bits per heavy atom. The molecule has 25 heavy (non-hydrogen) atoms. The number of thioether (sulfide) groups is 1. The Labute approximate surface area is 147 Å². The Bertz CT molecular complexity index is 748. The number of likely N-dealkylation sites (N-methyl/N-ethyl adjacent to an activating group) is 1. The highest BCUT2D eigenvalue weighted by atomic mass is 32.2. The standard InChI is InChI=1S/C16H16N2O6S/c1-18(10-5-6-12(20)17-15(10)23)16(24)14-9(7-19)3-2-4-11(14)25-8-13(21)22/h2-4,7,10H,5-6,8H2,1H3,(H,21,22)(H,17,20,23). The topological polar surface area (TPSA) is 121 Å². The third-order valence-corrected chi connectivity index (χ3v) is 4.79. The van der Waals surface area contributed by atoms with Gasteiger partial charge < -0.3 is 10.0 Å². The number of carboxylic acids is 1. The Balaban J connectivity index is 2.33. The molecule has 1 unspecified atom stereocenters. The Kier molecular flexibility index (Phi) is 5.92. The lowest BCUT2D eigenvalue weighted by atomic mass is 10.0. The first kappa shape index (κ1) is 18.7. The van der Waals surface area contributed by atoms with Crippen molar-refractivity contribution in [2.24, 2.45) is 0 Å². The van der Waals surface area contributed by atoms with Gasteiger partial charge in [0.2, 0.25) is 11.8 Å². The molecular formula is C16H16N2O6S. The fourth-order valence-electron chi connectivity index (χ4n) is 2.50. The smallest absolute Gasteiger partial charge is 0.313 e. The molecule has 1 saturated heterocycles. The first-order valence-electron chi connectivity index (χ1n) is 7.38. The van der Waals surface area contributed by atoms with Crippen molar-refractivity contribution in [2.45, 2.75) is 23.8 Å². The number of benzene rings is 1. The second-order valence-corrected chi connectivity index (χ2v) is 6.42. The Morgan fingerprint density at radius 1 is 1.40 bits per heavy atom. The summed E-state index contributed by atoms with van der Waals surface area (Å²) in [6.07, 6.45) is 0.814. The van der Waals surface area contributed by atoms with Crippen LogP contribution in [-0.2, 0) is 14.4 Å². The SMILES string of the molecule is CN(C(=O)c1c(C=O)cccc1SCC(=O)O)C1CCC(=O)NC1=O. The molecule has 0 aliphatic carbocycles. The van der Waals surface area contributed by atoms with Crippen LogP contribution in [0.4, 0.5) is 0 Å². The lowest BCUT2D eigenvalue weighted by molar-refractivity contribution is -0.137. The Hall–Kier alpha value is -2.68. The summed E-state index contributed by atoms with van der Waals surface area (Å²) in [5, 5.41) is 11.0. The maximum Gasteiger partial charge on any atom is 0.313 e.